The summed E-state index contributed by atoms with van der Waals surface area (Å²) in [4.78, 5) is 2.31. The first-order valence-electron chi connectivity index (χ1n) is 7.04. The van der Waals surface area contributed by atoms with Crippen molar-refractivity contribution in [1.82, 2.24) is 10.2 Å². The van der Waals surface area contributed by atoms with Crippen molar-refractivity contribution in [2.24, 2.45) is 0 Å². The van der Waals surface area contributed by atoms with E-state index in [-0.39, 0.29) is 5.54 Å². The van der Waals surface area contributed by atoms with Gasteiger partial charge in [0.15, 0.2) is 0 Å². The van der Waals surface area contributed by atoms with E-state index in [0.717, 1.165) is 18.7 Å². The second-order valence-corrected chi connectivity index (χ2v) is 5.37. The van der Waals surface area contributed by atoms with Crippen LogP contribution in [0.4, 0.5) is 0 Å². The molecule has 0 aliphatic carbocycles. The minimum absolute atomic E-state index is 0.0879. The molecule has 0 spiro atoms. The van der Waals surface area contributed by atoms with E-state index in [9.17, 15) is 0 Å². The van der Waals surface area contributed by atoms with E-state index in [4.69, 9.17) is 4.74 Å². The van der Waals surface area contributed by atoms with Crippen LogP contribution in [0.3, 0.4) is 0 Å². The van der Waals surface area contributed by atoms with Crippen LogP contribution in [-0.4, -0.2) is 38.2 Å². The number of ether oxygens (including phenoxy) is 1. The Balaban J connectivity index is 3.10. The van der Waals surface area contributed by atoms with Gasteiger partial charge in [0.25, 0.3) is 0 Å². The number of rotatable bonds is 7. The lowest BCUT2D eigenvalue weighted by Crippen LogP contribution is -2.51. The minimum atomic E-state index is 0.0879. The Morgan fingerprint density at radius 1 is 1.21 bits per heavy atom. The van der Waals surface area contributed by atoms with Crippen LogP contribution in [0.15, 0.2) is 24.3 Å². The molecule has 1 rings (SSSR count). The Hall–Kier alpha value is -1.06. The maximum absolute atomic E-state index is 5.24. The van der Waals surface area contributed by atoms with Gasteiger partial charge in [-0.05, 0) is 51.7 Å². The topological polar surface area (TPSA) is 24.5 Å². The molecule has 0 aliphatic heterocycles. The smallest absolute Gasteiger partial charge is 0.118 e. The molecule has 0 radical (unpaired) electrons. The summed E-state index contributed by atoms with van der Waals surface area (Å²) in [6, 6.07) is 8.69. The maximum Gasteiger partial charge on any atom is 0.118 e. The van der Waals surface area contributed by atoms with Gasteiger partial charge in [-0.1, -0.05) is 26.0 Å². The molecule has 0 amide bonds. The van der Waals surface area contributed by atoms with Crippen molar-refractivity contribution < 1.29 is 4.74 Å². The Labute approximate surface area is 118 Å². The monoisotopic (exact) mass is 264 g/mol. The number of hydrogen-bond donors (Lipinski definition) is 1. The average molecular weight is 264 g/mol. The predicted octanol–water partition coefficient (Wildman–Crippen LogP) is 3.08. The molecule has 0 bridgehead atoms. The van der Waals surface area contributed by atoms with E-state index in [1.807, 2.05) is 12.1 Å². The third-order valence-corrected chi connectivity index (χ3v) is 4.22. The van der Waals surface area contributed by atoms with E-state index in [1.54, 1.807) is 7.11 Å². The van der Waals surface area contributed by atoms with Gasteiger partial charge in [-0.25, -0.2) is 0 Å². The molecule has 0 aromatic heterocycles. The third-order valence-electron chi connectivity index (χ3n) is 4.22. The highest BCUT2D eigenvalue weighted by Gasteiger charge is 2.35. The summed E-state index contributed by atoms with van der Waals surface area (Å²) in [6.45, 7) is 7.67. The SMILES string of the molecule is CCNC(c1ccc(OC)cc1)C(C)(CC)N(C)C. The lowest BCUT2D eigenvalue weighted by molar-refractivity contribution is 0.113. The normalized spacial score (nSPS) is 16.2. The fourth-order valence-electron chi connectivity index (χ4n) is 2.48. The van der Waals surface area contributed by atoms with E-state index < -0.39 is 0 Å². The van der Waals surface area contributed by atoms with Gasteiger partial charge in [0, 0.05) is 5.54 Å². The molecule has 108 valence electrons. The van der Waals surface area contributed by atoms with E-state index in [1.165, 1.54) is 5.56 Å². The van der Waals surface area contributed by atoms with Crippen molar-refractivity contribution in [2.75, 3.05) is 27.7 Å². The molecule has 1 aromatic rings. The minimum Gasteiger partial charge on any atom is -0.497 e. The molecule has 0 heterocycles. The van der Waals surface area contributed by atoms with Crippen molar-refractivity contribution in [2.45, 2.75) is 38.8 Å². The summed E-state index contributed by atoms with van der Waals surface area (Å²) in [5.74, 6) is 0.905. The molecule has 1 aromatic carbocycles. The molecule has 3 heteroatoms. The maximum atomic E-state index is 5.24. The van der Waals surface area contributed by atoms with Gasteiger partial charge >= 0.3 is 0 Å². The highest BCUT2D eigenvalue weighted by molar-refractivity contribution is 5.31. The van der Waals surface area contributed by atoms with Crippen molar-refractivity contribution >= 4 is 0 Å². The third kappa shape index (κ3) is 3.48. The van der Waals surface area contributed by atoms with Crippen LogP contribution >= 0.6 is 0 Å². The molecule has 2 unspecified atom stereocenters. The molecule has 3 nitrogen and oxygen atoms in total. The van der Waals surface area contributed by atoms with E-state index in [0.29, 0.717) is 6.04 Å². The first-order valence-corrected chi connectivity index (χ1v) is 7.04. The second-order valence-electron chi connectivity index (χ2n) is 5.37. The summed E-state index contributed by atoms with van der Waals surface area (Å²) >= 11 is 0. The van der Waals surface area contributed by atoms with Crippen molar-refractivity contribution in [3.05, 3.63) is 29.8 Å². The summed E-state index contributed by atoms with van der Waals surface area (Å²) in [5, 5.41) is 3.63. The summed E-state index contributed by atoms with van der Waals surface area (Å²) in [7, 11) is 6.00. The van der Waals surface area contributed by atoms with Crippen molar-refractivity contribution in [1.29, 1.82) is 0 Å². The van der Waals surface area contributed by atoms with Crippen molar-refractivity contribution in [3.63, 3.8) is 0 Å². The second kappa shape index (κ2) is 6.92. The quantitative estimate of drug-likeness (QED) is 0.819. The van der Waals surface area contributed by atoms with E-state index in [2.05, 4.69) is 57.2 Å². The number of hydrogen-bond acceptors (Lipinski definition) is 3. The Kier molecular flexibility index (Phi) is 5.83. The van der Waals surface area contributed by atoms with Gasteiger partial charge in [0.1, 0.15) is 5.75 Å². The van der Waals surface area contributed by atoms with Crippen LogP contribution in [-0.2, 0) is 0 Å². The van der Waals surface area contributed by atoms with Crippen LogP contribution < -0.4 is 10.1 Å². The van der Waals surface area contributed by atoms with Gasteiger partial charge in [-0.3, -0.25) is 0 Å². The first kappa shape index (κ1) is 16.0. The van der Waals surface area contributed by atoms with Gasteiger partial charge in [-0.15, -0.1) is 0 Å². The number of benzene rings is 1. The average Bonchev–Trinajstić information content (AvgIpc) is 2.44. The van der Waals surface area contributed by atoms with Gasteiger partial charge < -0.3 is 15.0 Å². The molecule has 19 heavy (non-hydrogen) atoms. The molecule has 1 N–H and O–H groups in total. The summed E-state index contributed by atoms with van der Waals surface area (Å²) in [5.41, 5.74) is 1.39. The van der Waals surface area contributed by atoms with Crippen LogP contribution in [0.5, 0.6) is 5.75 Å². The summed E-state index contributed by atoms with van der Waals surface area (Å²) < 4.78 is 5.24. The highest BCUT2D eigenvalue weighted by atomic mass is 16.5. The van der Waals surface area contributed by atoms with Crippen LogP contribution in [0.1, 0.15) is 38.8 Å². The Morgan fingerprint density at radius 2 is 1.79 bits per heavy atom. The number of nitrogens with zero attached hydrogens (tertiary/aromatic N) is 1. The lowest BCUT2D eigenvalue weighted by atomic mass is 9.83. The van der Waals surface area contributed by atoms with Crippen LogP contribution in [0.2, 0.25) is 0 Å². The molecule has 2 atom stereocenters. The standard InChI is InChI=1S/C16H28N2O/c1-7-16(3,18(4)5)15(17-8-2)13-9-11-14(19-6)12-10-13/h9-12,15,17H,7-8H2,1-6H3. The molecule has 0 aliphatic rings. The zero-order chi connectivity index (χ0) is 14.5. The highest BCUT2D eigenvalue weighted by Crippen LogP contribution is 2.33. The van der Waals surface area contributed by atoms with Crippen LogP contribution in [0, 0.1) is 0 Å². The number of methoxy groups -OCH3 is 1. The number of likely N-dealkylation sites (N-methyl/N-ethyl adjacent to an activating group) is 2. The van der Waals surface area contributed by atoms with Gasteiger partial charge in [0.05, 0.1) is 13.2 Å². The largest absolute Gasteiger partial charge is 0.497 e. The van der Waals surface area contributed by atoms with Gasteiger partial charge in [0.2, 0.25) is 0 Å². The fourth-order valence-corrected chi connectivity index (χ4v) is 2.48. The van der Waals surface area contributed by atoms with E-state index >= 15 is 0 Å². The van der Waals surface area contributed by atoms with Crippen LogP contribution in [0.25, 0.3) is 0 Å². The summed E-state index contributed by atoms with van der Waals surface area (Å²) in [6.07, 6.45) is 1.09. The lowest BCUT2D eigenvalue weighted by Gasteiger charge is -2.43. The molecule has 0 saturated heterocycles. The van der Waals surface area contributed by atoms with Crippen molar-refractivity contribution in [3.8, 4) is 5.75 Å². The Morgan fingerprint density at radius 3 is 2.16 bits per heavy atom. The molecule has 0 saturated carbocycles. The fraction of sp³-hybridized carbons (Fsp3) is 0.625. The predicted molar refractivity (Wildman–Crippen MR) is 81.8 cm³/mol. The molecule has 0 fully saturated rings. The zero-order valence-corrected chi connectivity index (χ0v) is 13.2. The number of nitrogens with one attached hydrogen (secondary N) is 1. The Bertz CT molecular complexity index is 375. The molecular formula is C16H28N2O. The molecular weight excluding hydrogens is 236 g/mol. The van der Waals surface area contributed by atoms with Gasteiger partial charge in [-0.2, -0.15) is 0 Å². The first-order chi connectivity index (χ1) is 8.99. The zero-order valence-electron chi connectivity index (χ0n) is 13.2.